The molecule has 116 valence electrons. The quantitative estimate of drug-likeness (QED) is 0.773. The predicted octanol–water partition coefficient (Wildman–Crippen LogP) is 4.12. The van der Waals surface area contributed by atoms with Gasteiger partial charge in [-0.3, -0.25) is 0 Å². The van der Waals surface area contributed by atoms with Gasteiger partial charge in [-0.2, -0.15) is 18.2 Å². The van der Waals surface area contributed by atoms with Crippen LogP contribution in [0.5, 0.6) is 0 Å². The lowest BCUT2D eigenvalue weighted by Crippen LogP contribution is -2.12. The molecular formula is C17H11F3N2O. The molecule has 23 heavy (non-hydrogen) atoms. The molecule has 6 heteroatoms. The summed E-state index contributed by atoms with van der Waals surface area (Å²) >= 11 is 0. The maximum Gasteiger partial charge on any atom is 0.416 e. The minimum atomic E-state index is -4.39. The summed E-state index contributed by atoms with van der Waals surface area (Å²) in [5, 5.41) is 0. The van der Waals surface area contributed by atoms with E-state index in [2.05, 4.69) is 9.97 Å². The van der Waals surface area contributed by atoms with Crippen molar-refractivity contribution in [2.24, 2.45) is 0 Å². The molecular weight excluding hydrogens is 305 g/mol. The first-order valence-corrected chi connectivity index (χ1v) is 6.78. The summed E-state index contributed by atoms with van der Waals surface area (Å²) in [4.78, 5) is 18.2. The molecule has 0 fully saturated rings. The first kappa shape index (κ1) is 15.0. The van der Waals surface area contributed by atoms with Gasteiger partial charge in [0.25, 0.3) is 0 Å². The van der Waals surface area contributed by atoms with Gasteiger partial charge in [-0.1, -0.05) is 42.5 Å². The summed E-state index contributed by atoms with van der Waals surface area (Å²) in [6.45, 7) is 0. The van der Waals surface area contributed by atoms with Crippen LogP contribution in [0.2, 0.25) is 0 Å². The van der Waals surface area contributed by atoms with Crippen molar-refractivity contribution in [1.29, 1.82) is 0 Å². The van der Waals surface area contributed by atoms with Crippen molar-refractivity contribution >= 4 is 0 Å². The van der Waals surface area contributed by atoms with Gasteiger partial charge < -0.3 is 4.98 Å². The molecule has 3 rings (SSSR count). The maximum atomic E-state index is 12.6. The third kappa shape index (κ3) is 3.31. The third-order valence-corrected chi connectivity index (χ3v) is 3.34. The molecule has 0 aliphatic heterocycles. The van der Waals surface area contributed by atoms with E-state index in [4.69, 9.17) is 0 Å². The van der Waals surface area contributed by atoms with Crippen molar-refractivity contribution in [3.8, 4) is 22.5 Å². The number of rotatable bonds is 2. The Kier molecular flexibility index (Phi) is 3.73. The van der Waals surface area contributed by atoms with E-state index < -0.39 is 17.4 Å². The molecule has 0 spiro atoms. The molecule has 0 atom stereocenters. The first-order chi connectivity index (χ1) is 10.9. The molecule has 0 aliphatic rings. The van der Waals surface area contributed by atoms with E-state index in [1.54, 1.807) is 6.07 Å². The SMILES string of the molecule is O=c1nc(-c2ccc(C(F)(F)F)cc2)cc(-c2ccccc2)[nH]1. The Bertz CT molecular complexity index is 869. The van der Waals surface area contributed by atoms with Crippen molar-refractivity contribution < 1.29 is 13.2 Å². The zero-order valence-electron chi connectivity index (χ0n) is 11.8. The van der Waals surface area contributed by atoms with Gasteiger partial charge in [-0.15, -0.1) is 0 Å². The normalized spacial score (nSPS) is 11.4. The summed E-state index contributed by atoms with van der Waals surface area (Å²) in [6.07, 6.45) is -4.39. The largest absolute Gasteiger partial charge is 0.416 e. The molecule has 2 aromatic carbocycles. The first-order valence-electron chi connectivity index (χ1n) is 6.78. The minimum absolute atomic E-state index is 0.321. The van der Waals surface area contributed by atoms with Crippen LogP contribution in [0, 0.1) is 0 Å². The van der Waals surface area contributed by atoms with E-state index in [1.807, 2.05) is 30.3 Å². The second-order valence-corrected chi connectivity index (χ2v) is 4.93. The van der Waals surface area contributed by atoms with Crippen LogP contribution in [-0.4, -0.2) is 9.97 Å². The molecule has 3 aromatic rings. The minimum Gasteiger partial charge on any atom is -0.305 e. The smallest absolute Gasteiger partial charge is 0.305 e. The van der Waals surface area contributed by atoms with Gasteiger partial charge in [-0.05, 0) is 23.8 Å². The number of H-pyrrole nitrogens is 1. The Hall–Kier alpha value is -2.89. The molecule has 0 amide bonds. The lowest BCUT2D eigenvalue weighted by molar-refractivity contribution is -0.137. The Labute approximate surface area is 129 Å². The molecule has 0 bridgehead atoms. The van der Waals surface area contributed by atoms with Crippen molar-refractivity contribution in [3.05, 3.63) is 76.7 Å². The molecule has 0 aliphatic carbocycles. The van der Waals surface area contributed by atoms with Crippen LogP contribution in [0.25, 0.3) is 22.5 Å². The van der Waals surface area contributed by atoms with Crippen LogP contribution >= 0.6 is 0 Å². The number of alkyl halides is 3. The number of halogens is 3. The highest BCUT2D eigenvalue weighted by Gasteiger charge is 2.30. The summed E-state index contributed by atoms with van der Waals surface area (Å²) in [5.41, 5.74) is 0.818. The number of hydrogen-bond acceptors (Lipinski definition) is 2. The van der Waals surface area contributed by atoms with E-state index in [0.29, 0.717) is 17.0 Å². The lowest BCUT2D eigenvalue weighted by atomic mass is 10.1. The molecule has 0 radical (unpaired) electrons. The van der Waals surface area contributed by atoms with Crippen LogP contribution in [0.15, 0.2) is 65.5 Å². The summed E-state index contributed by atoms with van der Waals surface area (Å²) in [6, 6.07) is 15.3. The number of aromatic amines is 1. The van der Waals surface area contributed by atoms with E-state index in [-0.39, 0.29) is 0 Å². The standard InChI is InChI=1S/C17H11F3N2O/c18-17(19,20)13-8-6-12(7-9-13)15-10-14(21-16(23)22-15)11-4-2-1-3-5-11/h1-10H,(H,21,22,23). The van der Waals surface area contributed by atoms with Gasteiger partial charge in [-0.25, -0.2) is 4.79 Å². The predicted molar refractivity (Wildman–Crippen MR) is 80.7 cm³/mol. The Morgan fingerprint density at radius 3 is 2.13 bits per heavy atom. The number of nitrogens with one attached hydrogen (secondary N) is 1. The van der Waals surface area contributed by atoms with Crippen molar-refractivity contribution in [2.75, 3.05) is 0 Å². The molecule has 3 nitrogen and oxygen atoms in total. The van der Waals surface area contributed by atoms with Crippen LogP contribution in [0.1, 0.15) is 5.56 Å². The van der Waals surface area contributed by atoms with Gasteiger partial charge in [0.15, 0.2) is 0 Å². The molecule has 1 aromatic heterocycles. The number of nitrogens with zero attached hydrogens (tertiary/aromatic N) is 1. The summed E-state index contributed by atoms with van der Waals surface area (Å²) < 4.78 is 37.8. The van der Waals surface area contributed by atoms with Crippen molar-refractivity contribution in [1.82, 2.24) is 9.97 Å². The number of benzene rings is 2. The zero-order valence-corrected chi connectivity index (χ0v) is 11.8. The highest BCUT2D eigenvalue weighted by atomic mass is 19.4. The molecule has 1 heterocycles. The van der Waals surface area contributed by atoms with Crippen molar-refractivity contribution in [3.63, 3.8) is 0 Å². The fourth-order valence-corrected chi connectivity index (χ4v) is 2.21. The second-order valence-electron chi connectivity index (χ2n) is 4.93. The Morgan fingerprint density at radius 2 is 1.52 bits per heavy atom. The van der Waals surface area contributed by atoms with Gasteiger partial charge in [0.2, 0.25) is 0 Å². The van der Waals surface area contributed by atoms with Crippen LogP contribution in [0.4, 0.5) is 13.2 Å². The van der Waals surface area contributed by atoms with Crippen LogP contribution in [0.3, 0.4) is 0 Å². The average molecular weight is 316 g/mol. The molecule has 0 unspecified atom stereocenters. The molecule has 1 N–H and O–H groups in total. The number of hydrogen-bond donors (Lipinski definition) is 1. The highest BCUT2D eigenvalue weighted by molar-refractivity contribution is 5.67. The van der Waals surface area contributed by atoms with E-state index in [0.717, 1.165) is 17.7 Å². The Balaban J connectivity index is 2.04. The van der Waals surface area contributed by atoms with Gasteiger partial charge >= 0.3 is 11.9 Å². The fraction of sp³-hybridized carbons (Fsp3) is 0.0588. The van der Waals surface area contributed by atoms with E-state index in [9.17, 15) is 18.0 Å². The molecule has 0 saturated carbocycles. The second kappa shape index (κ2) is 5.72. The third-order valence-electron chi connectivity index (χ3n) is 3.34. The van der Waals surface area contributed by atoms with Gasteiger partial charge in [0.05, 0.1) is 17.0 Å². The van der Waals surface area contributed by atoms with Crippen LogP contribution < -0.4 is 5.69 Å². The van der Waals surface area contributed by atoms with Gasteiger partial charge in [0.1, 0.15) is 0 Å². The van der Waals surface area contributed by atoms with Crippen molar-refractivity contribution in [2.45, 2.75) is 6.18 Å². The summed E-state index contributed by atoms with van der Waals surface area (Å²) in [5.74, 6) is 0. The van der Waals surface area contributed by atoms with Crippen LogP contribution in [-0.2, 0) is 6.18 Å². The zero-order chi connectivity index (χ0) is 16.4. The molecule has 0 saturated heterocycles. The van der Waals surface area contributed by atoms with E-state index in [1.165, 1.54) is 12.1 Å². The maximum absolute atomic E-state index is 12.6. The van der Waals surface area contributed by atoms with E-state index >= 15 is 0 Å². The monoisotopic (exact) mass is 316 g/mol. The summed E-state index contributed by atoms with van der Waals surface area (Å²) in [7, 11) is 0. The Morgan fingerprint density at radius 1 is 0.870 bits per heavy atom. The van der Waals surface area contributed by atoms with Gasteiger partial charge in [0, 0.05) is 5.56 Å². The highest BCUT2D eigenvalue weighted by Crippen LogP contribution is 2.30. The fourth-order valence-electron chi connectivity index (χ4n) is 2.21. The topological polar surface area (TPSA) is 45.8 Å². The lowest BCUT2D eigenvalue weighted by Gasteiger charge is -2.08. The number of aromatic nitrogens is 2. The average Bonchev–Trinajstić information content (AvgIpc) is 2.54.